The van der Waals surface area contributed by atoms with Gasteiger partial charge in [0.1, 0.15) is 12.6 Å². The van der Waals surface area contributed by atoms with Crippen molar-refractivity contribution < 1.29 is 4.57 Å². The number of hydrogen-bond acceptors (Lipinski definition) is 1. The Balaban J connectivity index is 1.87. The van der Waals surface area contributed by atoms with Crippen molar-refractivity contribution in [2.75, 3.05) is 0 Å². The minimum absolute atomic E-state index is 0.0192. The lowest BCUT2D eigenvalue weighted by Gasteiger charge is -2.24. The molecule has 6 rings (SSSR count). The highest BCUT2D eigenvalue weighted by Crippen LogP contribution is 2.42. The van der Waals surface area contributed by atoms with Gasteiger partial charge in [-0.3, -0.25) is 0 Å². The lowest BCUT2D eigenvalue weighted by Crippen LogP contribution is -2.31. The van der Waals surface area contributed by atoms with E-state index < -0.39 is 0 Å². The van der Waals surface area contributed by atoms with Crippen LogP contribution in [0.3, 0.4) is 0 Å². The summed E-state index contributed by atoms with van der Waals surface area (Å²) in [7, 11) is 2.12. The van der Waals surface area contributed by atoms with Crippen LogP contribution in [0, 0.1) is 18.3 Å². The van der Waals surface area contributed by atoms with Gasteiger partial charge in [-0.15, -0.1) is 0 Å². The molecule has 0 N–H and O–H groups in total. The third-order valence-corrected chi connectivity index (χ3v) is 7.59. The second kappa shape index (κ2) is 8.32. The molecule has 3 nitrogen and oxygen atoms in total. The van der Waals surface area contributed by atoms with Gasteiger partial charge in [0.2, 0.25) is 5.69 Å². The molecule has 4 aromatic carbocycles. The summed E-state index contributed by atoms with van der Waals surface area (Å²) in [6.45, 7) is 9.09. The van der Waals surface area contributed by atoms with E-state index in [-0.39, 0.29) is 5.41 Å². The summed E-state index contributed by atoms with van der Waals surface area (Å²) >= 11 is 0. The molecule has 0 unspecified atom stereocenters. The molecule has 0 saturated heterocycles. The predicted molar refractivity (Wildman–Crippen MR) is 153 cm³/mol. The molecule has 0 aliphatic heterocycles. The van der Waals surface area contributed by atoms with Crippen molar-refractivity contribution in [3.05, 3.63) is 108 Å². The molecule has 2 heterocycles. The molecule has 0 fully saturated rings. The van der Waals surface area contributed by atoms with Gasteiger partial charge in [0.15, 0.2) is 6.20 Å². The Kier molecular flexibility index (Phi) is 5.17. The van der Waals surface area contributed by atoms with Gasteiger partial charge < -0.3 is 4.57 Å². The fourth-order valence-electron chi connectivity index (χ4n) is 5.84. The lowest BCUT2D eigenvalue weighted by atomic mass is 9.80. The highest BCUT2D eigenvalue weighted by Gasteiger charge is 2.28. The number of para-hydroxylation sites is 1. The first-order chi connectivity index (χ1) is 17.8. The van der Waals surface area contributed by atoms with Crippen LogP contribution in [-0.2, 0) is 12.5 Å². The van der Waals surface area contributed by atoms with Crippen LogP contribution < -0.4 is 4.57 Å². The molecule has 0 saturated carbocycles. The van der Waals surface area contributed by atoms with E-state index in [1.54, 1.807) is 0 Å². The number of aromatic nitrogens is 2. The maximum atomic E-state index is 10.0. The van der Waals surface area contributed by atoms with Gasteiger partial charge in [-0.2, -0.15) is 9.83 Å². The van der Waals surface area contributed by atoms with E-state index in [9.17, 15) is 5.26 Å². The molecule has 0 aliphatic rings. The third-order valence-electron chi connectivity index (χ3n) is 7.59. The Morgan fingerprint density at radius 3 is 2.22 bits per heavy atom. The van der Waals surface area contributed by atoms with E-state index in [0.717, 1.165) is 33.2 Å². The van der Waals surface area contributed by atoms with Crippen LogP contribution in [0.25, 0.3) is 49.5 Å². The molecule has 0 spiro atoms. The molecule has 37 heavy (non-hydrogen) atoms. The van der Waals surface area contributed by atoms with Gasteiger partial charge in [0.05, 0.1) is 22.7 Å². The van der Waals surface area contributed by atoms with Crippen molar-refractivity contribution in [2.45, 2.75) is 33.1 Å². The van der Waals surface area contributed by atoms with Gasteiger partial charge in [-0.25, -0.2) is 0 Å². The molecular formula is C34H30N3+. The molecular weight excluding hydrogens is 450 g/mol. The third kappa shape index (κ3) is 3.44. The maximum absolute atomic E-state index is 10.0. The summed E-state index contributed by atoms with van der Waals surface area (Å²) in [6.07, 6.45) is 2.13. The molecule has 0 aliphatic carbocycles. The summed E-state index contributed by atoms with van der Waals surface area (Å²) in [4.78, 5) is 0. The van der Waals surface area contributed by atoms with Gasteiger partial charge in [0.25, 0.3) is 0 Å². The highest BCUT2D eigenvalue weighted by molar-refractivity contribution is 6.15. The zero-order valence-electron chi connectivity index (χ0n) is 22.0. The predicted octanol–water partition coefficient (Wildman–Crippen LogP) is 7.91. The SMILES string of the molecule is Cc1c(-c2c3c(cc[n+]2C)c2c(C#N)cccc2n3-c2ccccc2)cc(C(C)(C)C)c2ccccc12. The Morgan fingerprint density at radius 2 is 1.51 bits per heavy atom. The van der Waals surface area contributed by atoms with Crippen molar-refractivity contribution >= 4 is 32.6 Å². The number of benzene rings is 4. The van der Waals surface area contributed by atoms with Crippen molar-refractivity contribution in [1.29, 1.82) is 5.26 Å². The molecule has 6 aromatic rings. The molecule has 0 atom stereocenters. The zero-order chi connectivity index (χ0) is 25.9. The Hall–Kier alpha value is -4.42. The van der Waals surface area contributed by atoms with Crippen LogP contribution in [0.5, 0.6) is 0 Å². The number of hydrogen-bond donors (Lipinski definition) is 0. The molecule has 3 heteroatoms. The number of fused-ring (bicyclic) bond motifs is 4. The van der Waals surface area contributed by atoms with Crippen LogP contribution in [0.4, 0.5) is 0 Å². The lowest BCUT2D eigenvalue weighted by molar-refractivity contribution is -0.659. The smallest absolute Gasteiger partial charge is 0.237 e. The van der Waals surface area contributed by atoms with E-state index in [1.165, 1.54) is 27.5 Å². The molecule has 0 bridgehead atoms. The van der Waals surface area contributed by atoms with Crippen LogP contribution in [0.2, 0.25) is 0 Å². The van der Waals surface area contributed by atoms with E-state index >= 15 is 0 Å². The van der Waals surface area contributed by atoms with Crippen LogP contribution in [0.15, 0.2) is 91.1 Å². The minimum Gasteiger partial charge on any atom is -0.303 e. The number of nitriles is 1. The van der Waals surface area contributed by atoms with E-state index in [0.29, 0.717) is 5.56 Å². The van der Waals surface area contributed by atoms with Crippen molar-refractivity contribution in [2.24, 2.45) is 7.05 Å². The average molecular weight is 481 g/mol. The minimum atomic E-state index is -0.0192. The summed E-state index contributed by atoms with van der Waals surface area (Å²) < 4.78 is 4.56. The Morgan fingerprint density at radius 1 is 0.811 bits per heavy atom. The molecule has 0 amide bonds. The van der Waals surface area contributed by atoms with E-state index in [1.807, 2.05) is 18.2 Å². The number of rotatable bonds is 2. The number of pyridine rings is 1. The number of aryl methyl sites for hydroxylation is 2. The summed E-state index contributed by atoms with van der Waals surface area (Å²) in [5.41, 5.74) is 8.88. The van der Waals surface area contributed by atoms with E-state index in [2.05, 4.69) is 123 Å². The average Bonchev–Trinajstić information content (AvgIpc) is 3.24. The van der Waals surface area contributed by atoms with Crippen molar-refractivity contribution in [3.8, 4) is 23.0 Å². The van der Waals surface area contributed by atoms with Crippen LogP contribution in [0.1, 0.15) is 37.5 Å². The summed E-state index contributed by atoms with van der Waals surface area (Å²) in [5, 5.41) is 14.7. The second-order valence-corrected chi connectivity index (χ2v) is 10.9. The van der Waals surface area contributed by atoms with Gasteiger partial charge in [-0.1, -0.05) is 69.3 Å². The van der Waals surface area contributed by atoms with Gasteiger partial charge in [0, 0.05) is 22.5 Å². The molecule has 180 valence electrons. The summed E-state index contributed by atoms with van der Waals surface area (Å²) in [6, 6.07) is 32.2. The van der Waals surface area contributed by atoms with Crippen LogP contribution in [-0.4, -0.2) is 4.57 Å². The quantitative estimate of drug-likeness (QED) is 0.232. The van der Waals surface area contributed by atoms with Crippen LogP contribution >= 0.6 is 0 Å². The normalized spacial score (nSPS) is 11.9. The maximum Gasteiger partial charge on any atom is 0.237 e. The second-order valence-electron chi connectivity index (χ2n) is 10.9. The fraction of sp³-hybridized carbons (Fsp3) is 0.176. The standard InChI is InChI=1S/C34H30N3/c1-22-25-15-9-10-16-26(25)29(34(2,3)4)20-28(22)32-33-27(18-19-36(32)5)31-23(21-35)12-11-17-30(31)37(33)24-13-7-6-8-14-24/h6-20H,1-5H3/q+1. The molecule has 2 aromatic heterocycles. The summed E-state index contributed by atoms with van der Waals surface area (Å²) in [5.74, 6) is 0. The first kappa shape index (κ1) is 23.0. The first-order valence-corrected chi connectivity index (χ1v) is 12.8. The van der Waals surface area contributed by atoms with E-state index in [4.69, 9.17) is 0 Å². The number of nitrogens with zero attached hydrogens (tertiary/aromatic N) is 3. The Labute approximate surface area is 217 Å². The van der Waals surface area contributed by atoms with Gasteiger partial charge in [-0.05, 0) is 64.6 Å². The van der Waals surface area contributed by atoms with Crippen molar-refractivity contribution in [3.63, 3.8) is 0 Å². The first-order valence-electron chi connectivity index (χ1n) is 12.8. The monoisotopic (exact) mass is 480 g/mol. The Bertz CT molecular complexity index is 1880. The highest BCUT2D eigenvalue weighted by atomic mass is 15.0. The largest absolute Gasteiger partial charge is 0.303 e. The fourth-order valence-corrected chi connectivity index (χ4v) is 5.84. The van der Waals surface area contributed by atoms with Gasteiger partial charge >= 0.3 is 0 Å². The molecule has 0 radical (unpaired) electrons. The topological polar surface area (TPSA) is 32.6 Å². The van der Waals surface area contributed by atoms with Crippen molar-refractivity contribution in [1.82, 2.24) is 4.57 Å². The zero-order valence-corrected chi connectivity index (χ0v) is 22.0.